The van der Waals surface area contributed by atoms with Crippen LogP contribution in [-0.4, -0.2) is 33.0 Å². The Labute approximate surface area is 116 Å². The molecule has 0 amide bonds. The summed E-state index contributed by atoms with van der Waals surface area (Å²) >= 11 is 5.77. The van der Waals surface area contributed by atoms with Crippen molar-refractivity contribution in [3.05, 3.63) is 40.7 Å². The van der Waals surface area contributed by atoms with Crippen molar-refractivity contribution in [2.24, 2.45) is 0 Å². The fourth-order valence-corrected chi connectivity index (χ4v) is 2.31. The summed E-state index contributed by atoms with van der Waals surface area (Å²) < 4.78 is 0. The predicted molar refractivity (Wildman–Crippen MR) is 73.5 cm³/mol. The van der Waals surface area contributed by atoms with Crippen LogP contribution in [0.3, 0.4) is 0 Å². The van der Waals surface area contributed by atoms with Crippen molar-refractivity contribution < 1.29 is 0 Å². The quantitative estimate of drug-likeness (QED) is 0.840. The molecule has 2 aromatic rings. The highest BCUT2D eigenvalue weighted by atomic mass is 35.5. The molecule has 0 spiro atoms. The smallest absolute Gasteiger partial charge is 0.225 e. The van der Waals surface area contributed by atoms with Crippen LogP contribution in [0, 0.1) is 13.8 Å². The van der Waals surface area contributed by atoms with Crippen molar-refractivity contribution in [2.45, 2.75) is 19.8 Å². The number of halogens is 1. The van der Waals surface area contributed by atoms with E-state index >= 15 is 0 Å². The monoisotopic (exact) mass is 275 g/mol. The largest absolute Gasteiger partial charge is 0.339 e. The highest BCUT2D eigenvalue weighted by Crippen LogP contribution is 2.27. The molecule has 0 bridgehead atoms. The third kappa shape index (κ3) is 2.51. The van der Waals surface area contributed by atoms with Gasteiger partial charge in [0.1, 0.15) is 5.82 Å². The van der Waals surface area contributed by atoms with E-state index in [2.05, 4.69) is 24.8 Å². The lowest BCUT2D eigenvalue weighted by molar-refractivity contribution is 0.489. The van der Waals surface area contributed by atoms with E-state index in [0.717, 1.165) is 30.3 Å². The fraction of sp³-hybridized carbons (Fsp3) is 0.385. The molecule has 0 aliphatic carbocycles. The van der Waals surface area contributed by atoms with Gasteiger partial charge < -0.3 is 4.90 Å². The lowest BCUT2D eigenvalue weighted by Crippen LogP contribution is -2.46. The normalized spacial score (nSPS) is 15.4. The number of anilines is 1. The molecule has 1 saturated heterocycles. The van der Waals surface area contributed by atoms with Crippen molar-refractivity contribution in [3.8, 4) is 0 Å². The molecule has 1 aliphatic rings. The van der Waals surface area contributed by atoms with E-state index in [4.69, 9.17) is 11.6 Å². The van der Waals surface area contributed by atoms with Crippen LogP contribution >= 0.6 is 11.6 Å². The maximum atomic E-state index is 5.77. The summed E-state index contributed by atoms with van der Waals surface area (Å²) in [7, 11) is 0. The van der Waals surface area contributed by atoms with E-state index in [0.29, 0.717) is 16.9 Å². The highest BCUT2D eigenvalue weighted by molar-refractivity contribution is 6.30. The zero-order chi connectivity index (χ0) is 13.4. The summed E-state index contributed by atoms with van der Waals surface area (Å²) in [5.74, 6) is 1.99. The summed E-state index contributed by atoms with van der Waals surface area (Å²) in [6.45, 7) is 5.70. The number of aryl methyl sites for hydroxylation is 2. The summed E-state index contributed by atoms with van der Waals surface area (Å²) in [6, 6.07) is 1.99. The lowest BCUT2D eigenvalue weighted by atomic mass is 9.99. The van der Waals surface area contributed by atoms with Gasteiger partial charge in [0.25, 0.3) is 0 Å². The van der Waals surface area contributed by atoms with E-state index in [1.807, 2.05) is 19.9 Å². The first-order valence-corrected chi connectivity index (χ1v) is 6.54. The molecule has 0 N–H and O–H groups in total. The Hall–Kier alpha value is -1.75. The first kappa shape index (κ1) is 12.3. The summed E-state index contributed by atoms with van der Waals surface area (Å²) in [5, 5.41) is 0.554. The van der Waals surface area contributed by atoms with Gasteiger partial charge in [-0.3, -0.25) is 0 Å². The zero-order valence-electron chi connectivity index (χ0n) is 10.8. The number of hydrogen-bond acceptors (Lipinski definition) is 5. The van der Waals surface area contributed by atoms with E-state index in [-0.39, 0.29) is 0 Å². The van der Waals surface area contributed by atoms with Gasteiger partial charge in [0.05, 0.1) is 23.3 Å². The molecule has 5 nitrogen and oxygen atoms in total. The average molecular weight is 276 g/mol. The third-order valence-corrected chi connectivity index (χ3v) is 3.33. The first-order chi connectivity index (χ1) is 9.11. The van der Waals surface area contributed by atoms with Gasteiger partial charge in [-0.25, -0.2) is 19.9 Å². The van der Waals surface area contributed by atoms with E-state index in [1.54, 1.807) is 12.4 Å². The Kier molecular flexibility index (Phi) is 3.06. The van der Waals surface area contributed by atoms with Gasteiger partial charge in [-0.2, -0.15) is 0 Å². The van der Waals surface area contributed by atoms with Crippen LogP contribution in [0.5, 0.6) is 0 Å². The van der Waals surface area contributed by atoms with Crippen molar-refractivity contribution in [1.82, 2.24) is 19.9 Å². The minimum absolute atomic E-state index is 0.359. The van der Waals surface area contributed by atoms with Gasteiger partial charge in [0.2, 0.25) is 5.95 Å². The van der Waals surface area contributed by atoms with Gasteiger partial charge in [0, 0.05) is 24.5 Å². The Bertz CT molecular complexity index is 572. The van der Waals surface area contributed by atoms with E-state index in [9.17, 15) is 0 Å². The third-order valence-electron chi connectivity index (χ3n) is 3.14. The second-order valence-corrected chi connectivity index (χ2v) is 5.25. The van der Waals surface area contributed by atoms with Crippen molar-refractivity contribution >= 4 is 17.5 Å². The Balaban J connectivity index is 1.71. The topological polar surface area (TPSA) is 54.8 Å². The van der Waals surface area contributed by atoms with Crippen LogP contribution in [0.1, 0.15) is 23.1 Å². The molecular formula is C13H14ClN5. The lowest BCUT2D eigenvalue weighted by Gasteiger charge is -2.38. The molecule has 0 radical (unpaired) electrons. The maximum absolute atomic E-state index is 5.77. The van der Waals surface area contributed by atoms with Gasteiger partial charge in [-0.05, 0) is 19.9 Å². The van der Waals surface area contributed by atoms with Crippen LogP contribution in [0.15, 0.2) is 18.5 Å². The van der Waals surface area contributed by atoms with Crippen LogP contribution in [0.4, 0.5) is 5.95 Å². The Morgan fingerprint density at radius 2 is 1.68 bits per heavy atom. The molecule has 3 heterocycles. The summed E-state index contributed by atoms with van der Waals surface area (Å²) in [6.07, 6.45) is 3.23. The molecule has 1 fully saturated rings. The van der Waals surface area contributed by atoms with E-state index < -0.39 is 0 Å². The second-order valence-electron chi connectivity index (χ2n) is 4.81. The van der Waals surface area contributed by atoms with Crippen molar-refractivity contribution in [3.63, 3.8) is 0 Å². The molecule has 19 heavy (non-hydrogen) atoms. The van der Waals surface area contributed by atoms with Crippen LogP contribution < -0.4 is 4.90 Å². The highest BCUT2D eigenvalue weighted by Gasteiger charge is 2.32. The molecular weight excluding hydrogens is 262 g/mol. The molecule has 6 heteroatoms. The molecule has 0 aromatic carbocycles. The number of hydrogen-bond donors (Lipinski definition) is 0. The molecule has 98 valence electrons. The minimum Gasteiger partial charge on any atom is -0.339 e. The fourth-order valence-electron chi connectivity index (χ4n) is 2.21. The standard InChI is InChI=1S/C13H14ClN5/c1-8-3-9(2)18-12(17-8)10-6-19(7-10)13-15-4-11(14)5-16-13/h3-5,10H,6-7H2,1-2H3. The molecule has 2 aromatic heterocycles. The van der Waals surface area contributed by atoms with Crippen LogP contribution in [-0.2, 0) is 0 Å². The number of aromatic nitrogens is 4. The SMILES string of the molecule is Cc1cc(C)nc(C2CN(c3ncc(Cl)cn3)C2)n1. The molecule has 0 unspecified atom stereocenters. The van der Waals surface area contributed by atoms with Crippen molar-refractivity contribution in [2.75, 3.05) is 18.0 Å². The zero-order valence-corrected chi connectivity index (χ0v) is 11.6. The van der Waals surface area contributed by atoms with Gasteiger partial charge >= 0.3 is 0 Å². The second kappa shape index (κ2) is 4.74. The Morgan fingerprint density at radius 3 is 2.26 bits per heavy atom. The molecule has 1 aliphatic heterocycles. The first-order valence-electron chi connectivity index (χ1n) is 6.16. The maximum Gasteiger partial charge on any atom is 0.225 e. The van der Waals surface area contributed by atoms with E-state index in [1.165, 1.54) is 0 Å². The number of rotatable bonds is 2. The predicted octanol–water partition coefficient (Wildman–Crippen LogP) is 2.14. The van der Waals surface area contributed by atoms with Gasteiger partial charge in [-0.15, -0.1) is 0 Å². The van der Waals surface area contributed by atoms with Crippen molar-refractivity contribution in [1.29, 1.82) is 0 Å². The van der Waals surface area contributed by atoms with Crippen LogP contribution in [0.2, 0.25) is 5.02 Å². The molecule has 0 saturated carbocycles. The Morgan fingerprint density at radius 1 is 1.11 bits per heavy atom. The average Bonchev–Trinajstić information content (AvgIpc) is 2.28. The summed E-state index contributed by atoms with van der Waals surface area (Å²) in [4.78, 5) is 19.5. The summed E-state index contributed by atoms with van der Waals surface area (Å²) in [5.41, 5.74) is 2.03. The van der Waals surface area contributed by atoms with Crippen LogP contribution in [0.25, 0.3) is 0 Å². The molecule has 0 atom stereocenters. The molecule has 3 rings (SSSR count). The van der Waals surface area contributed by atoms with Gasteiger partial charge in [0.15, 0.2) is 0 Å². The number of nitrogens with zero attached hydrogens (tertiary/aromatic N) is 5. The van der Waals surface area contributed by atoms with Gasteiger partial charge in [-0.1, -0.05) is 11.6 Å². The minimum atomic E-state index is 0.359.